The number of carbonyl (C=O) groups excluding carboxylic acids is 2. The van der Waals surface area contributed by atoms with Crippen LogP contribution in [0.5, 0.6) is 0 Å². The number of benzene rings is 4. The Hall–Kier alpha value is -3.42. The van der Waals surface area contributed by atoms with Crippen LogP contribution in [0.3, 0.4) is 0 Å². The van der Waals surface area contributed by atoms with E-state index in [1.807, 2.05) is 84.9 Å². The van der Waals surface area contributed by atoms with Gasteiger partial charge in [0.15, 0.2) is 11.6 Å². The predicted molar refractivity (Wildman–Crippen MR) is 173 cm³/mol. The van der Waals surface area contributed by atoms with Crippen LogP contribution in [0.2, 0.25) is 0 Å². The Kier molecular flexibility index (Phi) is 8.63. The first kappa shape index (κ1) is 30.1. The summed E-state index contributed by atoms with van der Waals surface area (Å²) in [4.78, 5) is 25.4. The fourth-order valence-corrected chi connectivity index (χ4v) is 6.92. The largest absolute Gasteiger partial charge is 0.380 e. The van der Waals surface area contributed by atoms with E-state index in [2.05, 4.69) is 45.0 Å². The van der Waals surface area contributed by atoms with Gasteiger partial charge in [-0.1, -0.05) is 105 Å². The topological polar surface area (TPSA) is 74.6 Å². The van der Waals surface area contributed by atoms with E-state index in [1.165, 1.54) is 0 Å². The molecule has 212 valence electrons. The van der Waals surface area contributed by atoms with E-state index in [0.29, 0.717) is 24.0 Å². The highest BCUT2D eigenvalue weighted by Gasteiger charge is 2.50. The lowest BCUT2D eigenvalue weighted by Crippen LogP contribution is -2.41. The summed E-state index contributed by atoms with van der Waals surface area (Å²) in [5.41, 5.74) is 1.84. The lowest BCUT2D eigenvalue weighted by molar-refractivity contribution is 0.0299. The second kappa shape index (κ2) is 12.1. The molecule has 4 atom stereocenters. The molecule has 0 unspecified atom stereocenters. The molecular weight excluding hydrogens is 656 g/mol. The van der Waals surface area contributed by atoms with E-state index in [-0.39, 0.29) is 11.6 Å². The van der Waals surface area contributed by atoms with Crippen molar-refractivity contribution in [1.29, 1.82) is 0 Å². The van der Waals surface area contributed by atoms with Crippen molar-refractivity contribution in [2.75, 3.05) is 0 Å². The molecule has 2 aliphatic carbocycles. The summed E-state index contributed by atoms with van der Waals surface area (Å²) in [5.74, 6) is -1.28. The first-order chi connectivity index (χ1) is 20.1. The molecule has 0 spiro atoms. The van der Waals surface area contributed by atoms with Crippen LogP contribution in [-0.4, -0.2) is 33.0 Å². The standard InChI is InChI=1S/2C18H15BrO2/c2*1-2-16(12-6-4-3-5-7-12)18(21)11-13-10-14(19)8-9-15(13)17(18)20/h2*2-10,16,21H,1,11H2/t2*16-,18-/m11/s1. The second-order valence-electron chi connectivity index (χ2n) is 10.7. The van der Waals surface area contributed by atoms with Crippen molar-refractivity contribution in [3.63, 3.8) is 0 Å². The molecule has 4 aromatic rings. The van der Waals surface area contributed by atoms with Crippen molar-refractivity contribution in [3.8, 4) is 0 Å². The van der Waals surface area contributed by atoms with Gasteiger partial charge in [-0.15, -0.1) is 13.2 Å². The van der Waals surface area contributed by atoms with Crippen molar-refractivity contribution in [3.05, 3.63) is 165 Å². The van der Waals surface area contributed by atoms with Crippen LogP contribution < -0.4 is 0 Å². The van der Waals surface area contributed by atoms with Gasteiger partial charge in [0, 0.05) is 44.7 Å². The molecule has 2 N–H and O–H groups in total. The molecule has 0 saturated carbocycles. The van der Waals surface area contributed by atoms with E-state index in [0.717, 1.165) is 31.2 Å². The summed E-state index contributed by atoms with van der Waals surface area (Å²) in [6, 6.07) is 30.1. The van der Waals surface area contributed by atoms with Gasteiger partial charge in [0.05, 0.1) is 0 Å². The van der Waals surface area contributed by atoms with Crippen LogP contribution in [-0.2, 0) is 12.8 Å². The minimum Gasteiger partial charge on any atom is -0.380 e. The van der Waals surface area contributed by atoms with E-state index in [9.17, 15) is 19.8 Å². The van der Waals surface area contributed by atoms with Gasteiger partial charge in [0.25, 0.3) is 0 Å². The zero-order chi connectivity index (χ0) is 30.1. The Bertz CT molecular complexity index is 1540. The first-order valence-electron chi connectivity index (χ1n) is 13.6. The maximum absolute atomic E-state index is 12.7. The van der Waals surface area contributed by atoms with Gasteiger partial charge >= 0.3 is 0 Å². The van der Waals surface area contributed by atoms with Crippen molar-refractivity contribution in [2.24, 2.45) is 0 Å². The van der Waals surface area contributed by atoms with Crippen LogP contribution in [0, 0.1) is 0 Å². The van der Waals surface area contributed by atoms with Crippen LogP contribution in [0.15, 0.2) is 131 Å². The quantitative estimate of drug-likeness (QED) is 0.203. The van der Waals surface area contributed by atoms with Gasteiger partial charge in [-0.25, -0.2) is 0 Å². The molecular formula is C36H30Br2O4. The number of ketones is 2. The van der Waals surface area contributed by atoms with E-state index in [1.54, 1.807) is 24.3 Å². The van der Waals surface area contributed by atoms with Gasteiger partial charge in [-0.05, 0) is 58.7 Å². The Morgan fingerprint density at radius 2 is 0.976 bits per heavy atom. The molecule has 0 saturated heterocycles. The minimum absolute atomic E-state index is 0.223. The normalized spacial score (nSPS) is 21.9. The molecule has 4 nitrogen and oxygen atoms in total. The minimum atomic E-state index is -1.45. The van der Waals surface area contributed by atoms with Gasteiger partial charge in [0.1, 0.15) is 11.2 Å². The predicted octanol–water partition coefficient (Wildman–Crippen LogP) is 7.78. The third kappa shape index (κ3) is 5.40. The Morgan fingerprint density at radius 3 is 1.31 bits per heavy atom. The van der Waals surface area contributed by atoms with Crippen molar-refractivity contribution < 1.29 is 19.8 Å². The van der Waals surface area contributed by atoms with Gasteiger partial charge in [-0.3, -0.25) is 9.59 Å². The molecule has 6 heteroatoms. The van der Waals surface area contributed by atoms with Crippen LogP contribution in [0.4, 0.5) is 0 Å². The fourth-order valence-electron chi connectivity index (χ4n) is 6.10. The number of Topliss-reactive ketones (excluding diaryl/α,β-unsaturated/α-hetero) is 2. The summed E-state index contributed by atoms with van der Waals surface area (Å²) in [6.45, 7) is 7.64. The zero-order valence-corrected chi connectivity index (χ0v) is 26.0. The van der Waals surface area contributed by atoms with Crippen LogP contribution >= 0.6 is 31.9 Å². The highest BCUT2D eigenvalue weighted by molar-refractivity contribution is 9.10. The van der Waals surface area contributed by atoms with Crippen molar-refractivity contribution >= 4 is 43.4 Å². The molecule has 4 aromatic carbocycles. The first-order valence-corrected chi connectivity index (χ1v) is 15.2. The number of hydrogen-bond donors (Lipinski definition) is 2. The second-order valence-corrected chi connectivity index (χ2v) is 12.5. The number of rotatable bonds is 6. The Balaban J connectivity index is 0.000000168. The number of carbonyl (C=O) groups is 2. The van der Waals surface area contributed by atoms with Gasteiger partial charge in [0.2, 0.25) is 0 Å². The third-order valence-corrected chi connectivity index (χ3v) is 9.13. The van der Waals surface area contributed by atoms with Gasteiger partial charge in [-0.2, -0.15) is 0 Å². The van der Waals surface area contributed by atoms with Gasteiger partial charge < -0.3 is 10.2 Å². The smallest absolute Gasteiger partial charge is 0.195 e. The highest BCUT2D eigenvalue weighted by Crippen LogP contribution is 2.43. The molecule has 2 aliphatic rings. The summed E-state index contributed by atoms with van der Waals surface area (Å²) >= 11 is 6.82. The maximum Gasteiger partial charge on any atom is 0.195 e. The summed E-state index contributed by atoms with van der Waals surface area (Å²) in [6.07, 6.45) is 3.95. The summed E-state index contributed by atoms with van der Waals surface area (Å²) in [5, 5.41) is 22.1. The third-order valence-electron chi connectivity index (χ3n) is 8.15. The molecule has 0 aromatic heterocycles. The molecule has 0 radical (unpaired) electrons. The number of fused-ring (bicyclic) bond motifs is 2. The van der Waals surface area contributed by atoms with Crippen LogP contribution in [0.25, 0.3) is 0 Å². The fraction of sp³-hybridized carbons (Fsp3) is 0.167. The average molecular weight is 686 g/mol. The summed E-state index contributed by atoms with van der Waals surface area (Å²) in [7, 11) is 0. The van der Waals surface area contributed by atoms with Crippen molar-refractivity contribution in [2.45, 2.75) is 35.9 Å². The molecule has 0 aliphatic heterocycles. The van der Waals surface area contributed by atoms with Crippen molar-refractivity contribution in [1.82, 2.24) is 0 Å². The molecule has 0 heterocycles. The SMILES string of the molecule is C=C[C@H](c1ccccc1)[C@]1(O)Cc2cc(Br)ccc2C1=O.C=C[C@H](c1ccccc1)[C@]1(O)Cc2cc(Br)ccc2C1=O. The van der Waals surface area contributed by atoms with Crippen LogP contribution in [0.1, 0.15) is 54.8 Å². The number of aliphatic hydroxyl groups is 2. The zero-order valence-electron chi connectivity index (χ0n) is 22.8. The van der Waals surface area contributed by atoms with E-state index >= 15 is 0 Å². The number of halogens is 2. The van der Waals surface area contributed by atoms with E-state index < -0.39 is 23.0 Å². The Morgan fingerprint density at radius 1 is 0.619 bits per heavy atom. The molecule has 0 bridgehead atoms. The Labute approximate surface area is 262 Å². The maximum atomic E-state index is 12.7. The summed E-state index contributed by atoms with van der Waals surface area (Å²) < 4.78 is 1.82. The molecule has 42 heavy (non-hydrogen) atoms. The lowest BCUT2D eigenvalue weighted by atomic mass is 9.79. The monoisotopic (exact) mass is 684 g/mol. The van der Waals surface area contributed by atoms with E-state index in [4.69, 9.17) is 0 Å². The highest BCUT2D eigenvalue weighted by atomic mass is 79.9. The number of hydrogen-bond acceptors (Lipinski definition) is 4. The molecule has 0 fully saturated rings. The average Bonchev–Trinajstić information content (AvgIpc) is 3.38. The lowest BCUT2D eigenvalue weighted by Gasteiger charge is -2.29. The molecule has 6 rings (SSSR count). The molecule has 0 amide bonds.